The average Bonchev–Trinajstić information content (AvgIpc) is 2.43. The van der Waals surface area contributed by atoms with Gasteiger partial charge in [-0.2, -0.15) is 0 Å². The van der Waals surface area contributed by atoms with Crippen LogP contribution >= 0.6 is 0 Å². The van der Waals surface area contributed by atoms with Crippen LogP contribution in [0.5, 0.6) is 5.75 Å². The summed E-state index contributed by atoms with van der Waals surface area (Å²) in [4.78, 5) is 2.36. The van der Waals surface area contributed by atoms with Crippen molar-refractivity contribution in [3.8, 4) is 5.75 Å². The first-order valence-corrected chi connectivity index (χ1v) is 7.27. The molecule has 0 N–H and O–H groups in total. The lowest BCUT2D eigenvalue weighted by molar-refractivity contribution is -0.0547. The molecule has 0 bridgehead atoms. The van der Waals surface area contributed by atoms with Crippen molar-refractivity contribution in [1.82, 2.24) is 4.90 Å². The topological polar surface area (TPSA) is 21.7 Å². The second kappa shape index (κ2) is 6.92. The lowest BCUT2D eigenvalue weighted by Gasteiger charge is -2.30. The van der Waals surface area contributed by atoms with Gasteiger partial charge in [-0.1, -0.05) is 25.1 Å². The van der Waals surface area contributed by atoms with Crippen LogP contribution in [-0.2, 0) is 11.2 Å². The summed E-state index contributed by atoms with van der Waals surface area (Å²) in [6, 6.07) is 8.75. The highest BCUT2D eigenvalue weighted by Gasteiger charge is 2.21. The quantitative estimate of drug-likeness (QED) is 0.736. The fourth-order valence-electron chi connectivity index (χ4n) is 2.37. The van der Waals surface area contributed by atoms with Crippen LogP contribution in [0.4, 0.5) is 0 Å². The molecule has 0 saturated heterocycles. The van der Waals surface area contributed by atoms with E-state index in [4.69, 9.17) is 9.47 Å². The van der Waals surface area contributed by atoms with Gasteiger partial charge in [0.25, 0.3) is 0 Å². The molecule has 106 valence electrons. The Hall–Kier alpha value is -1.06. The Kier molecular flexibility index (Phi) is 5.23. The molecule has 1 aromatic rings. The van der Waals surface area contributed by atoms with Gasteiger partial charge < -0.3 is 9.47 Å². The van der Waals surface area contributed by atoms with E-state index < -0.39 is 0 Å². The SMILES string of the molecule is CCCN(CO[C@H]1COc2ccccc2C1)C(C)C. The Bertz CT molecular complexity index is 392. The molecule has 19 heavy (non-hydrogen) atoms. The Morgan fingerprint density at radius 1 is 1.37 bits per heavy atom. The zero-order chi connectivity index (χ0) is 13.7. The van der Waals surface area contributed by atoms with E-state index in [0.717, 1.165) is 25.1 Å². The van der Waals surface area contributed by atoms with E-state index in [1.54, 1.807) is 0 Å². The van der Waals surface area contributed by atoms with Crippen molar-refractivity contribution in [2.45, 2.75) is 45.8 Å². The molecule has 0 unspecified atom stereocenters. The number of benzene rings is 1. The molecule has 1 aliphatic heterocycles. The highest BCUT2D eigenvalue weighted by Crippen LogP contribution is 2.25. The monoisotopic (exact) mass is 263 g/mol. The molecule has 0 spiro atoms. The highest BCUT2D eigenvalue weighted by atomic mass is 16.5. The lowest BCUT2D eigenvalue weighted by atomic mass is 10.0. The van der Waals surface area contributed by atoms with Gasteiger partial charge in [0.1, 0.15) is 12.4 Å². The third-order valence-electron chi connectivity index (χ3n) is 3.56. The van der Waals surface area contributed by atoms with Gasteiger partial charge in [0.15, 0.2) is 0 Å². The highest BCUT2D eigenvalue weighted by molar-refractivity contribution is 5.35. The normalized spacial score (nSPS) is 18.5. The second-order valence-corrected chi connectivity index (χ2v) is 5.45. The minimum atomic E-state index is 0.174. The van der Waals surface area contributed by atoms with Crippen molar-refractivity contribution in [3.63, 3.8) is 0 Å². The van der Waals surface area contributed by atoms with E-state index in [1.165, 1.54) is 5.56 Å². The standard InChI is InChI=1S/C16H25NO2/c1-4-9-17(13(2)3)12-19-15-10-14-7-5-6-8-16(14)18-11-15/h5-8,13,15H,4,9-12H2,1-3H3/t15-/m1/s1. The first kappa shape index (κ1) is 14.4. The maximum Gasteiger partial charge on any atom is 0.122 e. The van der Waals surface area contributed by atoms with Crippen LogP contribution in [0.1, 0.15) is 32.8 Å². The van der Waals surface area contributed by atoms with E-state index in [1.807, 2.05) is 12.1 Å². The first-order valence-electron chi connectivity index (χ1n) is 7.27. The Labute approximate surface area is 116 Å². The molecular formula is C16H25NO2. The zero-order valence-corrected chi connectivity index (χ0v) is 12.3. The largest absolute Gasteiger partial charge is 0.491 e. The van der Waals surface area contributed by atoms with Gasteiger partial charge in [-0.3, -0.25) is 4.90 Å². The maximum absolute atomic E-state index is 6.02. The van der Waals surface area contributed by atoms with E-state index >= 15 is 0 Å². The fourth-order valence-corrected chi connectivity index (χ4v) is 2.37. The minimum Gasteiger partial charge on any atom is -0.491 e. The van der Waals surface area contributed by atoms with Gasteiger partial charge in [-0.05, 0) is 31.9 Å². The van der Waals surface area contributed by atoms with Gasteiger partial charge in [0, 0.05) is 19.0 Å². The van der Waals surface area contributed by atoms with Crippen molar-refractivity contribution in [2.75, 3.05) is 19.9 Å². The summed E-state index contributed by atoms with van der Waals surface area (Å²) < 4.78 is 11.8. The molecule has 2 rings (SSSR count). The maximum atomic E-state index is 6.02. The number of nitrogens with zero attached hydrogens (tertiary/aromatic N) is 1. The predicted molar refractivity (Wildman–Crippen MR) is 77.5 cm³/mol. The van der Waals surface area contributed by atoms with Crippen molar-refractivity contribution < 1.29 is 9.47 Å². The molecule has 0 fully saturated rings. The molecular weight excluding hydrogens is 238 g/mol. The molecule has 0 radical (unpaired) electrons. The van der Waals surface area contributed by atoms with Crippen LogP contribution in [0.3, 0.4) is 0 Å². The summed E-state index contributed by atoms with van der Waals surface area (Å²) >= 11 is 0. The van der Waals surface area contributed by atoms with E-state index in [-0.39, 0.29) is 6.10 Å². The molecule has 0 aliphatic carbocycles. The number of rotatable bonds is 6. The van der Waals surface area contributed by atoms with E-state index in [0.29, 0.717) is 19.4 Å². The van der Waals surface area contributed by atoms with Gasteiger partial charge in [-0.25, -0.2) is 0 Å². The predicted octanol–water partition coefficient (Wildman–Crippen LogP) is 3.08. The molecule has 0 aromatic heterocycles. The van der Waals surface area contributed by atoms with Gasteiger partial charge in [0.2, 0.25) is 0 Å². The molecule has 3 heteroatoms. The summed E-state index contributed by atoms with van der Waals surface area (Å²) in [6.07, 6.45) is 2.28. The molecule has 0 saturated carbocycles. The summed E-state index contributed by atoms with van der Waals surface area (Å²) in [5.74, 6) is 1.01. The summed E-state index contributed by atoms with van der Waals surface area (Å²) in [6.45, 7) is 9.07. The van der Waals surface area contributed by atoms with Crippen LogP contribution < -0.4 is 4.74 Å². The van der Waals surface area contributed by atoms with Crippen molar-refractivity contribution >= 4 is 0 Å². The van der Waals surface area contributed by atoms with Crippen molar-refractivity contribution in [1.29, 1.82) is 0 Å². The summed E-state index contributed by atoms with van der Waals surface area (Å²) in [5, 5.41) is 0. The molecule has 1 aliphatic rings. The number of fused-ring (bicyclic) bond motifs is 1. The van der Waals surface area contributed by atoms with Crippen molar-refractivity contribution in [3.05, 3.63) is 29.8 Å². The third kappa shape index (κ3) is 3.95. The zero-order valence-electron chi connectivity index (χ0n) is 12.3. The van der Waals surface area contributed by atoms with Crippen LogP contribution in [0, 0.1) is 0 Å². The molecule has 3 nitrogen and oxygen atoms in total. The average molecular weight is 263 g/mol. The second-order valence-electron chi connectivity index (χ2n) is 5.45. The lowest BCUT2D eigenvalue weighted by Crippen LogP contribution is -2.38. The van der Waals surface area contributed by atoms with Crippen LogP contribution in [0.25, 0.3) is 0 Å². The Morgan fingerprint density at radius 3 is 2.89 bits per heavy atom. The fraction of sp³-hybridized carbons (Fsp3) is 0.625. The number of ether oxygens (including phenoxy) is 2. The van der Waals surface area contributed by atoms with Crippen LogP contribution in [0.15, 0.2) is 24.3 Å². The first-order chi connectivity index (χ1) is 9.20. The summed E-state index contributed by atoms with van der Waals surface area (Å²) in [7, 11) is 0. The molecule has 1 atom stereocenters. The van der Waals surface area contributed by atoms with Crippen LogP contribution in [-0.4, -0.2) is 36.9 Å². The van der Waals surface area contributed by atoms with Crippen LogP contribution in [0.2, 0.25) is 0 Å². The van der Waals surface area contributed by atoms with E-state index in [9.17, 15) is 0 Å². The molecule has 0 amide bonds. The Morgan fingerprint density at radius 2 is 2.16 bits per heavy atom. The minimum absolute atomic E-state index is 0.174. The summed E-state index contributed by atoms with van der Waals surface area (Å²) in [5.41, 5.74) is 1.25. The molecule has 1 heterocycles. The third-order valence-corrected chi connectivity index (χ3v) is 3.56. The van der Waals surface area contributed by atoms with Gasteiger partial charge >= 0.3 is 0 Å². The number of para-hydroxylation sites is 1. The van der Waals surface area contributed by atoms with Gasteiger partial charge in [0.05, 0.1) is 12.8 Å². The van der Waals surface area contributed by atoms with E-state index in [2.05, 4.69) is 37.8 Å². The molecule has 1 aromatic carbocycles. The number of hydrogen-bond donors (Lipinski definition) is 0. The smallest absolute Gasteiger partial charge is 0.122 e. The van der Waals surface area contributed by atoms with Crippen molar-refractivity contribution in [2.24, 2.45) is 0 Å². The number of hydrogen-bond acceptors (Lipinski definition) is 3. The Balaban J connectivity index is 1.85. The van der Waals surface area contributed by atoms with Gasteiger partial charge in [-0.15, -0.1) is 0 Å².